The van der Waals surface area contributed by atoms with E-state index in [9.17, 15) is 9.90 Å². The molecule has 2 rings (SSSR count). The van der Waals surface area contributed by atoms with Crippen LogP contribution in [-0.4, -0.2) is 33.5 Å². The van der Waals surface area contributed by atoms with Crippen LogP contribution in [0.1, 0.15) is 36.0 Å². The standard InChI is InChI=1S/C14H17ClN2O2S/c15-12-6-5-10(18)7-11(12)14(19)17(8-13(16)20)9-3-1-2-4-9/h5-7,9,18H,1-4,8H2,(H2,16,20). The van der Waals surface area contributed by atoms with Gasteiger partial charge in [-0.15, -0.1) is 0 Å². The zero-order chi connectivity index (χ0) is 14.7. The van der Waals surface area contributed by atoms with E-state index in [2.05, 4.69) is 0 Å². The smallest absolute Gasteiger partial charge is 0.256 e. The van der Waals surface area contributed by atoms with Crippen LogP contribution in [0.15, 0.2) is 18.2 Å². The highest BCUT2D eigenvalue weighted by Gasteiger charge is 2.29. The lowest BCUT2D eigenvalue weighted by Crippen LogP contribution is -2.43. The molecule has 0 saturated heterocycles. The number of benzene rings is 1. The van der Waals surface area contributed by atoms with Crippen molar-refractivity contribution in [3.8, 4) is 5.75 Å². The largest absolute Gasteiger partial charge is 0.508 e. The average Bonchev–Trinajstić information content (AvgIpc) is 2.91. The van der Waals surface area contributed by atoms with Crippen molar-refractivity contribution < 1.29 is 9.90 Å². The van der Waals surface area contributed by atoms with E-state index in [1.807, 2.05) is 0 Å². The number of rotatable bonds is 4. The van der Waals surface area contributed by atoms with Gasteiger partial charge in [0.25, 0.3) is 5.91 Å². The molecule has 20 heavy (non-hydrogen) atoms. The number of nitrogens with two attached hydrogens (primary N) is 1. The van der Waals surface area contributed by atoms with E-state index in [4.69, 9.17) is 29.6 Å². The molecule has 0 aromatic heterocycles. The molecule has 1 aromatic carbocycles. The minimum atomic E-state index is -0.231. The van der Waals surface area contributed by atoms with Crippen molar-refractivity contribution in [2.75, 3.05) is 6.54 Å². The first-order valence-electron chi connectivity index (χ1n) is 6.57. The van der Waals surface area contributed by atoms with Crippen molar-refractivity contribution in [2.45, 2.75) is 31.7 Å². The van der Waals surface area contributed by atoms with Crippen LogP contribution in [0.3, 0.4) is 0 Å². The lowest BCUT2D eigenvalue weighted by molar-refractivity contribution is 0.0714. The van der Waals surface area contributed by atoms with Gasteiger partial charge in [-0.05, 0) is 31.0 Å². The van der Waals surface area contributed by atoms with Gasteiger partial charge < -0.3 is 15.7 Å². The SMILES string of the molecule is NC(=S)CN(C(=O)c1cc(O)ccc1Cl)C1CCCC1. The first-order chi connectivity index (χ1) is 9.49. The quantitative estimate of drug-likeness (QED) is 0.839. The number of hydrogen-bond donors (Lipinski definition) is 2. The molecule has 1 fully saturated rings. The van der Waals surface area contributed by atoms with Crippen LogP contribution >= 0.6 is 23.8 Å². The Kier molecular flexibility index (Phi) is 4.83. The summed E-state index contributed by atoms with van der Waals surface area (Å²) in [4.78, 5) is 14.6. The fraction of sp³-hybridized carbons (Fsp3) is 0.429. The maximum absolute atomic E-state index is 12.7. The van der Waals surface area contributed by atoms with E-state index >= 15 is 0 Å². The number of carbonyl (C=O) groups excluding carboxylic acids is 1. The lowest BCUT2D eigenvalue weighted by Gasteiger charge is -2.29. The molecule has 3 N–H and O–H groups in total. The molecule has 0 heterocycles. The Morgan fingerprint density at radius 2 is 2.10 bits per heavy atom. The third-order valence-corrected chi connectivity index (χ3v) is 3.99. The van der Waals surface area contributed by atoms with E-state index < -0.39 is 0 Å². The van der Waals surface area contributed by atoms with Gasteiger partial charge >= 0.3 is 0 Å². The second-order valence-electron chi connectivity index (χ2n) is 5.00. The fourth-order valence-corrected chi connectivity index (χ4v) is 2.92. The Hall–Kier alpha value is -1.33. The molecule has 0 aliphatic heterocycles. The minimum absolute atomic E-state index is 0.0134. The molecule has 1 aliphatic rings. The molecule has 4 nitrogen and oxygen atoms in total. The van der Waals surface area contributed by atoms with E-state index in [0.717, 1.165) is 25.7 Å². The molecule has 1 aromatic rings. The molecule has 0 spiro atoms. The monoisotopic (exact) mass is 312 g/mol. The minimum Gasteiger partial charge on any atom is -0.508 e. The maximum Gasteiger partial charge on any atom is 0.256 e. The summed E-state index contributed by atoms with van der Waals surface area (Å²) in [5.41, 5.74) is 5.89. The van der Waals surface area contributed by atoms with E-state index in [1.54, 1.807) is 4.90 Å². The number of carbonyl (C=O) groups is 1. The first-order valence-corrected chi connectivity index (χ1v) is 7.35. The van der Waals surface area contributed by atoms with Gasteiger partial charge in [-0.2, -0.15) is 0 Å². The van der Waals surface area contributed by atoms with Crippen LogP contribution in [0.2, 0.25) is 5.02 Å². The Labute approximate surface area is 128 Å². The number of nitrogens with zero attached hydrogens (tertiary/aromatic N) is 1. The van der Waals surface area contributed by atoms with Gasteiger partial charge in [-0.1, -0.05) is 36.7 Å². The van der Waals surface area contributed by atoms with Crippen LogP contribution in [0, 0.1) is 0 Å². The van der Waals surface area contributed by atoms with Crippen LogP contribution < -0.4 is 5.73 Å². The summed E-state index contributed by atoms with van der Waals surface area (Å²) in [6.45, 7) is 0.241. The Morgan fingerprint density at radius 1 is 1.45 bits per heavy atom. The highest BCUT2D eigenvalue weighted by Crippen LogP contribution is 2.28. The van der Waals surface area contributed by atoms with Crippen molar-refractivity contribution in [3.63, 3.8) is 0 Å². The zero-order valence-corrected chi connectivity index (χ0v) is 12.6. The number of phenolic OH excluding ortho intramolecular Hbond substituents is 1. The summed E-state index contributed by atoms with van der Waals surface area (Å²) in [6.07, 6.45) is 4.09. The van der Waals surface area contributed by atoms with Crippen LogP contribution in [0.5, 0.6) is 5.75 Å². The summed E-state index contributed by atoms with van der Waals surface area (Å²) >= 11 is 11.0. The van der Waals surface area contributed by atoms with Crippen molar-refractivity contribution >= 4 is 34.7 Å². The third-order valence-electron chi connectivity index (χ3n) is 3.53. The molecular formula is C14H17ClN2O2S. The second-order valence-corrected chi connectivity index (χ2v) is 5.93. The average molecular weight is 313 g/mol. The Morgan fingerprint density at radius 3 is 2.70 bits per heavy atom. The second kappa shape index (κ2) is 6.41. The highest BCUT2D eigenvalue weighted by molar-refractivity contribution is 7.80. The molecule has 1 saturated carbocycles. The summed E-state index contributed by atoms with van der Waals surface area (Å²) in [5.74, 6) is -0.218. The van der Waals surface area contributed by atoms with Gasteiger partial charge in [0.2, 0.25) is 0 Å². The summed E-state index contributed by atoms with van der Waals surface area (Å²) < 4.78 is 0. The summed E-state index contributed by atoms with van der Waals surface area (Å²) in [6, 6.07) is 4.48. The number of halogens is 1. The highest BCUT2D eigenvalue weighted by atomic mass is 35.5. The number of hydrogen-bond acceptors (Lipinski definition) is 3. The Bertz CT molecular complexity index is 530. The van der Waals surface area contributed by atoms with Gasteiger partial charge in [0, 0.05) is 6.04 Å². The molecule has 0 atom stereocenters. The van der Waals surface area contributed by atoms with Crippen LogP contribution in [0.4, 0.5) is 0 Å². The number of thiocarbonyl (C=S) groups is 1. The predicted octanol–water partition coefficient (Wildman–Crippen LogP) is 2.72. The zero-order valence-electron chi connectivity index (χ0n) is 11.0. The maximum atomic E-state index is 12.7. The molecule has 1 amide bonds. The Balaban J connectivity index is 2.29. The van der Waals surface area contributed by atoms with Crippen LogP contribution in [-0.2, 0) is 0 Å². The van der Waals surface area contributed by atoms with Gasteiger partial charge in [-0.3, -0.25) is 4.79 Å². The lowest BCUT2D eigenvalue weighted by atomic mass is 10.1. The molecule has 0 radical (unpaired) electrons. The molecular weight excluding hydrogens is 296 g/mol. The topological polar surface area (TPSA) is 66.6 Å². The van der Waals surface area contributed by atoms with E-state index in [0.29, 0.717) is 5.02 Å². The third kappa shape index (κ3) is 3.41. The van der Waals surface area contributed by atoms with E-state index in [1.165, 1.54) is 18.2 Å². The predicted molar refractivity (Wildman–Crippen MR) is 83.2 cm³/mol. The number of phenols is 1. The summed E-state index contributed by atoms with van der Waals surface area (Å²) in [7, 11) is 0. The van der Waals surface area contributed by atoms with Gasteiger partial charge in [0.15, 0.2) is 0 Å². The summed E-state index contributed by atoms with van der Waals surface area (Å²) in [5, 5.41) is 9.85. The van der Waals surface area contributed by atoms with Crippen molar-refractivity contribution in [1.82, 2.24) is 4.90 Å². The van der Waals surface area contributed by atoms with Gasteiger partial charge in [-0.25, -0.2) is 0 Å². The van der Waals surface area contributed by atoms with Crippen molar-refractivity contribution in [2.24, 2.45) is 5.73 Å². The molecule has 108 valence electrons. The van der Waals surface area contributed by atoms with Crippen molar-refractivity contribution in [3.05, 3.63) is 28.8 Å². The fourth-order valence-electron chi connectivity index (χ4n) is 2.58. The molecule has 0 bridgehead atoms. The molecule has 6 heteroatoms. The first kappa shape index (κ1) is 15.1. The van der Waals surface area contributed by atoms with Crippen molar-refractivity contribution in [1.29, 1.82) is 0 Å². The normalized spacial score (nSPS) is 15.2. The number of aromatic hydroxyl groups is 1. The molecule has 1 aliphatic carbocycles. The van der Waals surface area contributed by atoms with Gasteiger partial charge in [0.1, 0.15) is 5.75 Å². The van der Waals surface area contributed by atoms with Crippen LogP contribution in [0.25, 0.3) is 0 Å². The van der Waals surface area contributed by atoms with Gasteiger partial charge in [0.05, 0.1) is 22.1 Å². The number of amides is 1. The van der Waals surface area contributed by atoms with E-state index in [-0.39, 0.29) is 34.8 Å². The molecule has 0 unspecified atom stereocenters.